The summed E-state index contributed by atoms with van der Waals surface area (Å²) in [4.78, 5) is 8.78. The van der Waals surface area contributed by atoms with E-state index < -0.39 is 0 Å². The zero-order valence-electron chi connectivity index (χ0n) is 11.1. The monoisotopic (exact) mass is 293 g/mol. The van der Waals surface area contributed by atoms with Gasteiger partial charge in [-0.05, 0) is 36.4 Å². The molecule has 3 rings (SSSR count). The van der Waals surface area contributed by atoms with Crippen LogP contribution in [0.25, 0.3) is 10.7 Å². The number of nitrogens with zero attached hydrogens (tertiary/aromatic N) is 3. The average molecular weight is 293 g/mol. The molecule has 3 aromatic rings. The van der Waals surface area contributed by atoms with Gasteiger partial charge in [0.25, 0.3) is 0 Å². The van der Waals surface area contributed by atoms with Crippen LogP contribution < -0.4 is 4.74 Å². The highest BCUT2D eigenvalue weighted by Crippen LogP contribution is 2.22. The van der Waals surface area contributed by atoms with Crippen LogP contribution in [0.3, 0.4) is 0 Å². The number of ether oxygens (including phenoxy) is 1. The molecule has 0 N–H and O–H groups in total. The van der Waals surface area contributed by atoms with Crippen molar-refractivity contribution in [1.82, 2.24) is 9.97 Å². The number of hydrogen-bond acceptors (Lipinski definition) is 5. The Balaban J connectivity index is 1.66. The van der Waals surface area contributed by atoms with Gasteiger partial charge in [0, 0.05) is 11.6 Å². The summed E-state index contributed by atoms with van der Waals surface area (Å²) in [5.41, 5.74) is 2.35. The first-order valence-electron chi connectivity index (χ1n) is 6.34. The van der Waals surface area contributed by atoms with E-state index in [1.807, 2.05) is 23.6 Å². The molecule has 0 atom stereocenters. The van der Waals surface area contributed by atoms with Crippen LogP contribution >= 0.6 is 11.3 Å². The third-order valence-corrected chi connectivity index (χ3v) is 3.72. The van der Waals surface area contributed by atoms with Gasteiger partial charge in [-0.25, -0.2) is 4.98 Å². The van der Waals surface area contributed by atoms with Crippen LogP contribution in [0.15, 0.2) is 54.0 Å². The Morgan fingerprint density at radius 1 is 1.14 bits per heavy atom. The first-order valence-corrected chi connectivity index (χ1v) is 7.22. The molecule has 2 heterocycles. The Morgan fingerprint density at radius 3 is 2.71 bits per heavy atom. The third-order valence-electron chi connectivity index (χ3n) is 2.81. The van der Waals surface area contributed by atoms with Gasteiger partial charge in [0.1, 0.15) is 17.4 Å². The molecule has 0 bridgehead atoms. The van der Waals surface area contributed by atoms with E-state index in [0.29, 0.717) is 12.2 Å². The van der Waals surface area contributed by atoms with E-state index in [9.17, 15) is 0 Å². The lowest BCUT2D eigenvalue weighted by molar-refractivity contribution is 0.302. The van der Waals surface area contributed by atoms with Crippen LogP contribution in [-0.2, 0) is 6.61 Å². The number of thiazole rings is 1. The van der Waals surface area contributed by atoms with Crippen molar-refractivity contribution >= 4 is 11.3 Å². The van der Waals surface area contributed by atoms with Gasteiger partial charge < -0.3 is 4.74 Å². The molecule has 2 aromatic heterocycles. The minimum absolute atomic E-state index is 0.398. The summed E-state index contributed by atoms with van der Waals surface area (Å²) < 4.78 is 5.66. The van der Waals surface area contributed by atoms with Gasteiger partial charge in [-0.2, -0.15) is 5.26 Å². The van der Waals surface area contributed by atoms with Crippen LogP contribution in [0, 0.1) is 11.3 Å². The molecule has 0 aliphatic carbocycles. The second kappa shape index (κ2) is 6.16. The maximum absolute atomic E-state index is 8.74. The summed E-state index contributed by atoms with van der Waals surface area (Å²) in [6.45, 7) is 0.398. The van der Waals surface area contributed by atoms with Crippen molar-refractivity contribution in [2.24, 2.45) is 0 Å². The van der Waals surface area contributed by atoms with Crippen molar-refractivity contribution < 1.29 is 4.74 Å². The van der Waals surface area contributed by atoms with Crippen molar-refractivity contribution in [2.45, 2.75) is 6.61 Å². The molecule has 0 saturated heterocycles. The highest BCUT2D eigenvalue weighted by atomic mass is 32.1. The zero-order valence-corrected chi connectivity index (χ0v) is 11.9. The fourth-order valence-corrected chi connectivity index (χ4v) is 2.54. The number of hydrogen-bond donors (Lipinski definition) is 0. The molecule has 0 unspecified atom stereocenters. The quantitative estimate of drug-likeness (QED) is 0.736. The maximum atomic E-state index is 8.74. The third kappa shape index (κ3) is 3.25. The van der Waals surface area contributed by atoms with E-state index in [0.717, 1.165) is 22.1 Å². The van der Waals surface area contributed by atoms with E-state index in [-0.39, 0.29) is 0 Å². The lowest BCUT2D eigenvalue weighted by atomic mass is 10.2. The molecular weight excluding hydrogens is 282 g/mol. The molecule has 1 aromatic carbocycles. The van der Waals surface area contributed by atoms with Crippen LogP contribution in [0.2, 0.25) is 0 Å². The average Bonchev–Trinajstić information content (AvgIpc) is 3.03. The Bertz CT molecular complexity index is 760. The Hall–Kier alpha value is -2.71. The highest BCUT2D eigenvalue weighted by molar-refractivity contribution is 7.13. The first kappa shape index (κ1) is 13.3. The largest absolute Gasteiger partial charge is 0.487 e. The van der Waals surface area contributed by atoms with Crippen molar-refractivity contribution in [2.75, 3.05) is 0 Å². The Kier molecular flexibility index (Phi) is 3.90. The molecule has 0 aliphatic heterocycles. The summed E-state index contributed by atoms with van der Waals surface area (Å²) >= 11 is 1.55. The second-order valence-corrected chi connectivity index (χ2v) is 5.14. The van der Waals surface area contributed by atoms with E-state index in [2.05, 4.69) is 16.0 Å². The predicted octanol–water partition coefficient (Wildman–Crippen LogP) is 3.66. The molecular formula is C16H11N3OS. The number of benzene rings is 1. The number of aromatic nitrogens is 2. The first-order chi connectivity index (χ1) is 10.3. The lowest BCUT2D eigenvalue weighted by Crippen LogP contribution is -1.95. The molecule has 5 heteroatoms. The summed E-state index contributed by atoms with van der Waals surface area (Å²) in [6, 6.07) is 14.9. The van der Waals surface area contributed by atoms with E-state index in [4.69, 9.17) is 10.00 Å². The van der Waals surface area contributed by atoms with Crippen LogP contribution in [0.1, 0.15) is 11.3 Å². The molecule has 4 nitrogen and oxygen atoms in total. The molecule has 0 fully saturated rings. The smallest absolute Gasteiger partial charge is 0.142 e. The van der Waals surface area contributed by atoms with Crippen molar-refractivity contribution in [3.8, 4) is 22.5 Å². The van der Waals surface area contributed by atoms with Crippen molar-refractivity contribution in [3.05, 3.63) is 65.3 Å². The standard InChI is InChI=1S/C16H11N3OS/c17-9-12-4-6-14(7-5-12)20-10-13-11-21-16(19-13)15-3-1-2-8-18-15/h1-8,11H,10H2. The van der Waals surface area contributed by atoms with Gasteiger partial charge in [-0.15, -0.1) is 11.3 Å². The number of rotatable bonds is 4. The Morgan fingerprint density at radius 2 is 2.00 bits per heavy atom. The topological polar surface area (TPSA) is 58.8 Å². The summed E-state index contributed by atoms with van der Waals surface area (Å²) in [6.07, 6.45) is 1.75. The van der Waals surface area contributed by atoms with Crippen molar-refractivity contribution in [3.63, 3.8) is 0 Å². The minimum atomic E-state index is 0.398. The lowest BCUT2D eigenvalue weighted by Gasteiger charge is -2.03. The van der Waals surface area contributed by atoms with E-state index in [1.54, 1.807) is 41.8 Å². The molecule has 21 heavy (non-hydrogen) atoms. The van der Waals surface area contributed by atoms with Crippen LogP contribution in [0.5, 0.6) is 5.75 Å². The molecule has 0 radical (unpaired) electrons. The predicted molar refractivity (Wildman–Crippen MR) is 80.8 cm³/mol. The van der Waals surface area contributed by atoms with Gasteiger partial charge in [0.05, 0.1) is 23.0 Å². The van der Waals surface area contributed by atoms with Crippen LogP contribution in [0.4, 0.5) is 0 Å². The molecule has 0 amide bonds. The molecule has 102 valence electrons. The van der Waals surface area contributed by atoms with Crippen LogP contribution in [-0.4, -0.2) is 9.97 Å². The van der Waals surface area contributed by atoms with Gasteiger partial charge in [0.15, 0.2) is 0 Å². The summed E-state index contributed by atoms with van der Waals surface area (Å²) in [5, 5.41) is 11.6. The minimum Gasteiger partial charge on any atom is -0.487 e. The second-order valence-electron chi connectivity index (χ2n) is 4.28. The van der Waals surface area contributed by atoms with Crippen molar-refractivity contribution in [1.29, 1.82) is 5.26 Å². The van der Waals surface area contributed by atoms with Gasteiger partial charge in [-0.1, -0.05) is 6.07 Å². The fourth-order valence-electron chi connectivity index (χ4n) is 1.76. The Labute approximate surface area is 126 Å². The maximum Gasteiger partial charge on any atom is 0.142 e. The SMILES string of the molecule is N#Cc1ccc(OCc2csc(-c3ccccn3)n2)cc1. The zero-order chi connectivity index (χ0) is 14.5. The van der Waals surface area contributed by atoms with E-state index >= 15 is 0 Å². The van der Waals surface area contributed by atoms with Gasteiger partial charge in [0.2, 0.25) is 0 Å². The van der Waals surface area contributed by atoms with E-state index in [1.165, 1.54) is 0 Å². The summed E-state index contributed by atoms with van der Waals surface area (Å²) in [5.74, 6) is 0.724. The molecule has 0 saturated carbocycles. The molecule has 0 aliphatic rings. The fraction of sp³-hybridized carbons (Fsp3) is 0.0625. The highest BCUT2D eigenvalue weighted by Gasteiger charge is 2.06. The molecule has 0 spiro atoms. The number of pyridine rings is 1. The number of nitriles is 1. The van der Waals surface area contributed by atoms with Gasteiger partial charge >= 0.3 is 0 Å². The normalized spacial score (nSPS) is 10.0. The van der Waals surface area contributed by atoms with Gasteiger partial charge in [-0.3, -0.25) is 4.98 Å². The summed E-state index contributed by atoms with van der Waals surface area (Å²) in [7, 11) is 0.